The van der Waals surface area contributed by atoms with E-state index >= 15 is 0 Å². The standard InChI is InChI=1S/C21H17N7O2S/c1-12-10-18(23-14-8-6-13(7-9-14)19(29)30)28-20(22-12)26-21(27-28)31-11-17-24-15-4-2-3-5-16(15)25-17/h2-10,23H,11H2,1H3,(H,24,25)(H,29,30). The number of aromatic carboxylic acids is 1. The number of H-pyrrole nitrogens is 1. The first-order valence-electron chi connectivity index (χ1n) is 9.46. The van der Waals surface area contributed by atoms with Crippen molar-refractivity contribution < 1.29 is 9.90 Å². The Labute approximate surface area is 180 Å². The van der Waals surface area contributed by atoms with Crippen LogP contribution >= 0.6 is 11.8 Å². The van der Waals surface area contributed by atoms with Gasteiger partial charge < -0.3 is 15.4 Å². The van der Waals surface area contributed by atoms with Gasteiger partial charge in [-0.05, 0) is 43.3 Å². The SMILES string of the molecule is Cc1cc(Nc2ccc(C(=O)O)cc2)n2nc(SCc3nc4ccccc4[nH]3)nc2n1. The van der Waals surface area contributed by atoms with Gasteiger partial charge in [0.2, 0.25) is 5.16 Å². The van der Waals surface area contributed by atoms with Crippen LogP contribution in [0, 0.1) is 6.92 Å². The zero-order valence-electron chi connectivity index (χ0n) is 16.4. The molecule has 5 rings (SSSR count). The highest BCUT2D eigenvalue weighted by Gasteiger charge is 2.12. The van der Waals surface area contributed by atoms with Crippen LogP contribution in [0.3, 0.4) is 0 Å². The number of carboxylic acid groups (broad SMARTS) is 1. The number of benzene rings is 2. The number of aromatic nitrogens is 6. The van der Waals surface area contributed by atoms with Gasteiger partial charge in [-0.2, -0.15) is 9.50 Å². The van der Waals surface area contributed by atoms with Crippen LogP contribution in [-0.2, 0) is 5.75 Å². The van der Waals surface area contributed by atoms with Crippen molar-refractivity contribution in [3.63, 3.8) is 0 Å². The molecule has 3 aromatic heterocycles. The van der Waals surface area contributed by atoms with Crippen molar-refractivity contribution in [2.45, 2.75) is 17.8 Å². The maximum atomic E-state index is 11.0. The van der Waals surface area contributed by atoms with Gasteiger partial charge in [-0.25, -0.2) is 14.8 Å². The van der Waals surface area contributed by atoms with Crippen molar-refractivity contribution in [2.24, 2.45) is 0 Å². The summed E-state index contributed by atoms with van der Waals surface area (Å²) in [6, 6.07) is 16.3. The predicted molar refractivity (Wildman–Crippen MR) is 118 cm³/mol. The second-order valence-electron chi connectivity index (χ2n) is 6.89. The predicted octanol–water partition coefficient (Wildman–Crippen LogP) is 4.04. The number of thioether (sulfide) groups is 1. The maximum absolute atomic E-state index is 11.0. The molecule has 0 unspecified atom stereocenters. The van der Waals surface area contributed by atoms with E-state index in [0.29, 0.717) is 22.5 Å². The number of carboxylic acids is 1. The summed E-state index contributed by atoms with van der Waals surface area (Å²) in [5.41, 5.74) is 3.69. The Hall–Kier alpha value is -3.92. The van der Waals surface area contributed by atoms with Crippen molar-refractivity contribution in [1.29, 1.82) is 0 Å². The highest BCUT2D eigenvalue weighted by atomic mass is 32.2. The van der Waals surface area contributed by atoms with Crippen molar-refractivity contribution in [2.75, 3.05) is 5.32 Å². The van der Waals surface area contributed by atoms with E-state index in [1.165, 1.54) is 11.8 Å². The molecule has 9 nitrogen and oxygen atoms in total. The molecule has 0 saturated carbocycles. The van der Waals surface area contributed by atoms with E-state index in [9.17, 15) is 4.79 Å². The van der Waals surface area contributed by atoms with Crippen molar-refractivity contribution in [3.8, 4) is 0 Å². The molecule has 0 amide bonds. The molecular weight excluding hydrogens is 414 g/mol. The van der Waals surface area contributed by atoms with E-state index in [-0.39, 0.29) is 5.56 Å². The second kappa shape index (κ2) is 7.73. The highest BCUT2D eigenvalue weighted by molar-refractivity contribution is 7.98. The van der Waals surface area contributed by atoms with E-state index in [1.54, 1.807) is 28.8 Å². The lowest BCUT2D eigenvalue weighted by molar-refractivity contribution is 0.0697. The third-order valence-electron chi connectivity index (χ3n) is 4.60. The van der Waals surface area contributed by atoms with Gasteiger partial charge in [0.05, 0.1) is 22.3 Å². The summed E-state index contributed by atoms with van der Waals surface area (Å²) in [5, 5.41) is 17.5. The zero-order chi connectivity index (χ0) is 21.4. The quantitative estimate of drug-likeness (QED) is 0.344. The minimum absolute atomic E-state index is 0.228. The number of para-hydroxylation sites is 2. The number of hydrogen-bond acceptors (Lipinski definition) is 7. The molecule has 5 aromatic rings. The topological polar surface area (TPSA) is 121 Å². The third-order valence-corrected chi connectivity index (χ3v) is 5.45. The van der Waals surface area contributed by atoms with Gasteiger partial charge >= 0.3 is 5.97 Å². The minimum Gasteiger partial charge on any atom is -0.478 e. The molecule has 3 N–H and O–H groups in total. The summed E-state index contributed by atoms with van der Waals surface area (Å²) in [7, 11) is 0. The normalized spacial score (nSPS) is 11.3. The molecule has 0 bridgehead atoms. The second-order valence-corrected chi connectivity index (χ2v) is 7.83. The number of anilines is 2. The van der Waals surface area contributed by atoms with Crippen LogP contribution < -0.4 is 5.32 Å². The van der Waals surface area contributed by atoms with Crippen LogP contribution in [0.1, 0.15) is 21.9 Å². The molecule has 3 heterocycles. The van der Waals surface area contributed by atoms with Crippen LogP contribution in [0.25, 0.3) is 16.8 Å². The Kier molecular flexibility index (Phi) is 4.75. The zero-order valence-corrected chi connectivity index (χ0v) is 17.2. The average Bonchev–Trinajstić information content (AvgIpc) is 3.36. The molecule has 31 heavy (non-hydrogen) atoms. The number of nitrogens with one attached hydrogen (secondary N) is 2. The maximum Gasteiger partial charge on any atom is 0.335 e. The van der Waals surface area contributed by atoms with Gasteiger partial charge in [-0.15, -0.1) is 5.10 Å². The van der Waals surface area contributed by atoms with E-state index in [0.717, 1.165) is 28.2 Å². The van der Waals surface area contributed by atoms with Crippen LogP contribution in [0.2, 0.25) is 0 Å². The molecule has 0 fully saturated rings. The van der Waals surface area contributed by atoms with E-state index in [2.05, 4.69) is 30.4 Å². The summed E-state index contributed by atoms with van der Waals surface area (Å²) >= 11 is 1.47. The van der Waals surface area contributed by atoms with Gasteiger partial charge in [0, 0.05) is 17.4 Å². The van der Waals surface area contributed by atoms with E-state index < -0.39 is 5.97 Å². The first-order chi connectivity index (χ1) is 15.0. The Morgan fingerprint density at radius 3 is 2.71 bits per heavy atom. The molecule has 0 aliphatic heterocycles. The van der Waals surface area contributed by atoms with E-state index in [1.807, 2.05) is 37.3 Å². The number of fused-ring (bicyclic) bond motifs is 2. The van der Waals surface area contributed by atoms with Crippen LogP contribution in [-0.4, -0.2) is 40.6 Å². The first-order valence-corrected chi connectivity index (χ1v) is 10.4. The summed E-state index contributed by atoms with van der Waals surface area (Å²) < 4.78 is 1.64. The fourth-order valence-electron chi connectivity index (χ4n) is 3.17. The number of nitrogens with zero attached hydrogens (tertiary/aromatic N) is 5. The Bertz CT molecular complexity index is 1380. The lowest BCUT2D eigenvalue weighted by Gasteiger charge is -2.08. The number of rotatable bonds is 6. The van der Waals surface area contributed by atoms with Crippen LogP contribution in [0.5, 0.6) is 0 Å². The average molecular weight is 431 g/mol. The van der Waals surface area contributed by atoms with Gasteiger partial charge in [0.1, 0.15) is 11.6 Å². The highest BCUT2D eigenvalue weighted by Crippen LogP contribution is 2.23. The fraction of sp³-hybridized carbons (Fsp3) is 0.0952. The van der Waals surface area contributed by atoms with Crippen molar-refractivity contribution in [3.05, 3.63) is 71.7 Å². The van der Waals surface area contributed by atoms with Crippen LogP contribution in [0.15, 0.2) is 59.8 Å². The number of hydrogen-bond donors (Lipinski definition) is 3. The lowest BCUT2D eigenvalue weighted by atomic mass is 10.2. The van der Waals surface area contributed by atoms with Gasteiger partial charge in [0.15, 0.2) is 0 Å². The Morgan fingerprint density at radius 2 is 1.94 bits per heavy atom. The molecule has 0 radical (unpaired) electrons. The van der Waals surface area contributed by atoms with E-state index in [4.69, 9.17) is 5.11 Å². The number of imidazole rings is 1. The fourth-order valence-corrected chi connectivity index (χ4v) is 3.86. The molecule has 0 saturated heterocycles. The van der Waals surface area contributed by atoms with Crippen molar-refractivity contribution >= 4 is 46.0 Å². The first kappa shape index (κ1) is 19.1. The van der Waals surface area contributed by atoms with Gasteiger partial charge in [0.25, 0.3) is 5.78 Å². The number of aromatic amines is 1. The monoisotopic (exact) mass is 431 g/mol. The van der Waals surface area contributed by atoms with Crippen LogP contribution in [0.4, 0.5) is 11.5 Å². The molecular formula is C21H17N7O2S. The lowest BCUT2D eigenvalue weighted by Crippen LogP contribution is -2.03. The van der Waals surface area contributed by atoms with Gasteiger partial charge in [-0.1, -0.05) is 23.9 Å². The minimum atomic E-state index is -0.962. The van der Waals surface area contributed by atoms with Gasteiger partial charge in [-0.3, -0.25) is 0 Å². The molecule has 154 valence electrons. The molecule has 2 aromatic carbocycles. The molecule has 0 spiro atoms. The molecule has 10 heteroatoms. The summed E-state index contributed by atoms with van der Waals surface area (Å²) in [6.07, 6.45) is 0. The summed E-state index contributed by atoms with van der Waals surface area (Å²) in [4.78, 5) is 27.9. The molecule has 0 aliphatic carbocycles. The van der Waals surface area contributed by atoms with Crippen molar-refractivity contribution in [1.82, 2.24) is 29.5 Å². The Morgan fingerprint density at radius 1 is 1.13 bits per heavy atom. The number of aryl methyl sites for hydroxylation is 1. The largest absolute Gasteiger partial charge is 0.478 e. The summed E-state index contributed by atoms with van der Waals surface area (Å²) in [5.74, 6) is 1.66. The summed E-state index contributed by atoms with van der Waals surface area (Å²) in [6.45, 7) is 1.88. The molecule has 0 atom stereocenters. The Balaban J connectivity index is 1.39. The smallest absolute Gasteiger partial charge is 0.335 e. The number of carbonyl (C=O) groups is 1. The third kappa shape index (κ3) is 3.92. The molecule has 0 aliphatic rings.